The summed E-state index contributed by atoms with van der Waals surface area (Å²) >= 11 is 5.03. The van der Waals surface area contributed by atoms with Gasteiger partial charge in [0.1, 0.15) is 6.04 Å². The molecule has 0 aliphatic heterocycles. The Morgan fingerprint density at radius 2 is 1.61 bits per heavy atom. The minimum absolute atomic E-state index is 0.00571. The molecule has 2 amide bonds. The Hall–Kier alpha value is -1.79. The number of amides is 2. The second-order valence-corrected chi connectivity index (χ2v) is 9.77. The van der Waals surface area contributed by atoms with E-state index in [1.54, 1.807) is 16.7 Å². The molecule has 1 N–H and O–H groups in total. The first-order valence-electron chi connectivity index (χ1n) is 10.8. The summed E-state index contributed by atoms with van der Waals surface area (Å²) in [5.41, 5.74) is 3.38. The van der Waals surface area contributed by atoms with Crippen LogP contribution in [0.15, 0.2) is 53.0 Å². The number of nitrogens with one attached hydrogen (secondary N) is 1. The van der Waals surface area contributed by atoms with E-state index in [0.29, 0.717) is 18.7 Å². The van der Waals surface area contributed by atoms with Gasteiger partial charge in [-0.3, -0.25) is 9.59 Å². The van der Waals surface area contributed by atoms with Crippen molar-refractivity contribution in [2.24, 2.45) is 0 Å². The SMILES string of the molecule is CC[C@H](C)NC(=O)[C@H](CC)N(Cc1ccc(C)cc1)C(=O)CSCc1ccc(Br)cc1. The van der Waals surface area contributed by atoms with Crippen molar-refractivity contribution in [1.82, 2.24) is 10.2 Å². The van der Waals surface area contributed by atoms with Crippen molar-refractivity contribution in [2.75, 3.05) is 5.75 Å². The zero-order chi connectivity index (χ0) is 22.8. The Balaban J connectivity index is 2.12. The highest BCUT2D eigenvalue weighted by Crippen LogP contribution is 2.19. The Labute approximate surface area is 199 Å². The van der Waals surface area contributed by atoms with Crippen molar-refractivity contribution in [3.8, 4) is 0 Å². The van der Waals surface area contributed by atoms with Gasteiger partial charge in [-0.15, -0.1) is 11.8 Å². The summed E-state index contributed by atoms with van der Waals surface area (Å²) in [4.78, 5) is 27.9. The lowest BCUT2D eigenvalue weighted by atomic mass is 10.1. The van der Waals surface area contributed by atoms with Gasteiger partial charge in [0.25, 0.3) is 0 Å². The van der Waals surface area contributed by atoms with Gasteiger partial charge >= 0.3 is 0 Å². The highest BCUT2D eigenvalue weighted by Gasteiger charge is 2.29. The van der Waals surface area contributed by atoms with Crippen molar-refractivity contribution in [1.29, 1.82) is 0 Å². The number of carbonyl (C=O) groups is 2. The molecule has 0 spiro atoms. The predicted octanol–water partition coefficient (Wildman–Crippen LogP) is 5.71. The number of thioether (sulfide) groups is 1. The van der Waals surface area contributed by atoms with Crippen LogP contribution >= 0.6 is 27.7 Å². The molecule has 168 valence electrons. The van der Waals surface area contributed by atoms with Gasteiger partial charge in [-0.1, -0.05) is 71.7 Å². The normalized spacial score (nSPS) is 12.8. The second-order valence-electron chi connectivity index (χ2n) is 7.87. The summed E-state index contributed by atoms with van der Waals surface area (Å²) in [5, 5.41) is 3.05. The van der Waals surface area contributed by atoms with Crippen LogP contribution in [0.25, 0.3) is 0 Å². The molecule has 0 radical (unpaired) electrons. The Morgan fingerprint density at radius 1 is 1.00 bits per heavy atom. The molecule has 2 aromatic carbocycles. The first-order chi connectivity index (χ1) is 14.8. The van der Waals surface area contributed by atoms with Crippen LogP contribution in [0.3, 0.4) is 0 Å². The maximum absolute atomic E-state index is 13.2. The molecule has 0 aliphatic rings. The van der Waals surface area contributed by atoms with Gasteiger partial charge in [-0.2, -0.15) is 0 Å². The quantitative estimate of drug-likeness (QED) is 0.426. The maximum Gasteiger partial charge on any atom is 0.243 e. The van der Waals surface area contributed by atoms with Crippen LogP contribution in [0.1, 0.15) is 50.3 Å². The van der Waals surface area contributed by atoms with Gasteiger partial charge < -0.3 is 10.2 Å². The van der Waals surface area contributed by atoms with E-state index in [1.165, 1.54) is 11.1 Å². The van der Waals surface area contributed by atoms with Gasteiger partial charge in [0, 0.05) is 22.8 Å². The number of carbonyl (C=O) groups excluding carboxylic acids is 2. The van der Waals surface area contributed by atoms with Crippen molar-refractivity contribution in [2.45, 2.75) is 64.9 Å². The molecule has 0 unspecified atom stereocenters. The van der Waals surface area contributed by atoms with Crippen LogP contribution in [0, 0.1) is 6.92 Å². The lowest BCUT2D eigenvalue weighted by Gasteiger charge is -2.31. The van der Waals surface area contributed by atoms with E-state index in [9.17, 15) is 9.59 Å². The number of aryl methyl sites for hydroxylation is 1. The lowest BCUT2D eigenvalue weighted by Crippen LogP contribution is -2.51. The Bertz CT molecular complexity index is 840. The third-order valence-corrected chi connectivity index (χ3v) is 6.79. The average molecular weight is 506 g/mol. The van der Waals surface area contributed by atoms with Crippen molar-refractivity contribution >= 4 is 39.5 Å². The minimum atomic E-state index is -0.476. The molecule has 6 heteroatoms. The number of hydrogen-bond donors (Lipinski definition) is 1. The Morgan fingerprint density at radius 3 is 2.19 bits per heavy atom. The summed E-state index contributed by atoms with van der Waals surface area (Å²) in [5.74, 6) is 1.02. The molecule has 0 fully saturated rings. The number of halogens is 1. The molecule has 0 bridgehead atoms. The first-order valence-corrected chi connectivity index (χ1v) is 12.8. The van der Waals surface area contributed by atoms with E-state index in [0.717, 1.165) is 22.2 Å². The van der Waals surface area contributed by atoms with Crippen LogP contribution in [0.5, 0.6) is 0 Å². The molecular weight excluding hydrogens is 472 g/mol. The number of rotatable bonds is 11. The van der Waals surface area contributed by atoms with E-state index in [4.69, 9.17) is 0 Å². The zero-order valence-corrected chi connectivity index (χ0v) is 21.3. The van der Waals surface area contributed by atoms with E-state index in [1.807, 2.05) is 64.1 Å². The molecule has 0 saturated heterocycles. The van der Waals surface area contributed by atoms with Gasteiger partial charge in [-0.25, -0.2) is 0 Å². The monoisotopic (exact) mass is 504 g/mol. The summed E-state index contributed by atoms with van der Waals surface area (Å²) in [6.07, 6.45) is 1.44. The van der Waals surface area contributed by atoms with Crippen LogP contribution in [0.2, 0.25) is 0 Å². The van der Waals surface area contributed by atoms with Crippen molar-refractivity contribution in [3.63, 3.8) is 0 Å². The van der Waals surface area contributed by atoms with E-state index in [2.05, 4.69) is 33.4 Å². The van der Waals surface area contributed by atoms with Gasteiger partial charge in [0.05, 0.1) is 5.75 Å². The van der Waals surface area contributed by atoms with Gasteiger partial charge in [0.15, 0.2) is 0 Å². The van der Waals surface area contributed by atoms with E-state index in [-0.39, 0.29) is 17.9 Å². The summed E-state index contributed by atoms with van der Waals surface area (Å²) in [6.45, 7) is 8.47. The summed E-state index contributed by atoms with van der Waals surface area (Å²) < 4.78 is 1.04. The Kier molecular flexibility index (Phi) is 10.6. The first kappa shape index (κ1) is 25.5. The highest BCUT2D eigenvalue weighted by atomic mass is 79.9. The van der Waals surface area contributed by atoms with Crippen LogP contribution < -0.4 is 5.32 Å². The summed E-state index contributed by atoms with van der Waals surface area (Å²) in [7, 11) is 0. The summed E-state index contributed by atoms with van der Waals surface area (Å²) in [6, 6.07) is 15.9. The molecule has 0 aliphatic carbocycles. The second kappa shape index (κ2) is 12.9. The van der Waals surface area contributed by atoms with Crippen molar-refractivity contribution < 1.29 is 9.59 Å². The third-order valence-electron chi connectivity index (χ3n) is 5.27. The van der Waals surface area contributed by atoms with Crippen molar-refractivity contribution in [3.05, 3.63) is 69.7 Å². The third kappa shape index (κ3) is 8.34. The molecule has 31 heavy (non-hydrogen) atoms. The molecule has 2 aromatic rings. The van der Waals surface area contributed by atoms with Gasteiger partial charge in [-0.05, 0) is 49.9 Å². The number of nitrogens with zero attached hydrogens (tertiary/aromatic N) is 1. The van der Waals surface area contributed by atoms with Gasteiger partial charge in [0.2, 0.25) is 11.8 Å². The molecule has 4 nitrogen and oxygen atoms in total. The molecule has 0 saturated carbocycles. The predicted molar refractivity (Wildman–Crippen MR) is 134 cm³/mol. The molecule has 0 heterocycles. The number of hydrogen-bond acceptors (Lipinski definition) is 3. The molecule has 2 rings (SSSR count). The van der Waals surface area contributed by atoms with Crippen LogP contribution in [-0.2, 0) is 21.9 Å². The zero-order valence-electron chi connectivity index (χ0n) is 18.9. The topological polar surface area (TPSA) is 49.4 Å². The minimum Gasteiger partial charge on any atom is -0.352 e. The standard InChI is InChI=1S/C25H33BrN2O2S/c1-5-19(4)27-25(30)23(6-2)28(15-20-9-7-18(3)8-10-20)24(29)17-31-16-21-11-13-22(26)14-12-21/h7-14,19,23H,5-6,15-17H2,1-4H3,(H,27,30)/t19-,23-/m0/s1. The molecule has 2 atom stereocenters. The smallest absolute Gasteiger partial charge is 0.243 e. The lowest BCUT2D eigenvalue weighted by molar-refractivity contribution is -0.139. The highest BCUT2D eigenvalue weighted by molar-refractivity contribution is 9.10. The molecule has 0 aromatic heterocycles. The number of benzene rings is 2. The van der Waals surface area contributed by atoms with E-state index < -0.39 is 6.04 Å². The largest absolute Gasteiger partial charge is 0.352 e. The van der Waals surface area contributed by atoms with E-state index >= 15 is 0 Å². The van der Waals surface area contributed by atoms with Crippen LogP contribution in [-0.4, -0.2) is 34.6 Å². The van der Waals surface area contributed by atoms with Crippen LogP contribution in [0.4, 0.5) is 0 Å². The fourth-order valence-corrected chi connectivity index (χ4v) is 4.31. The molecular formula is C25H33BrN2O2S. The fourth-order valence-electron chi connectivity index (χ4n) is 3.17. The fraction of sp³-hybridized carbons (Fsp3) is 0.440. The average Bonchev–Trinajstić information content (AvgIpc) is 2.76. The maximum atomic E-state index is 13.2.